The van der Waals surface area contributed by atoms with Crippen LogP contribution in [0.25, 0.3) is 0 Å². The van der Waals surface area contributed by atoms with Crippen molar-refractivity contribution in [3.8, 4) is 0 Å². The second-order valence-electron chi connectivity index (χ2n) is 11.5. The number of esters is 2. The average Bonchev–Trinajstić information content (AvgIpc) is 2.83. The largest absolute Gasteiger partial charge is 0.459 e. The Morgan fingerprint density at radius 2 is 1.61 bits per heavy atom. The van der Waals surface area contributed by atoms with Gasteiger partial charge in [0.05, 0.1) is 11.7 Å². The summed E-state index contributed by atoms with van der Waals surface area (Å²) in [4.78, 5) is 60.3. The standard InChI is InChI=1S/C26H36O12/c1-7-23(4)10-15(29)26(33)24(5)16(36-17(30)11-34-13-27)8-9-22(2,3)20(24)19(32)21(25(26,6)38-23)37-18(31)12-35-14-28/h7,13-14,16,19-21,32-33H,1,8-12H2,2-6H3/t16-,19-,20-,21-,23-,24-,25+,26-/m0/s1. The first-order valence-corrected chi connectivity index (χ1v) is 12.3. The van der Waals surface area contributed by atoms with E-state index in [0.717, 1.165) is 0 Å². The van der Waals surface area contributed by atoms with Crippen molar-refractivity contribution in [3.63, 3.8) is 0 Å². The normalized spacial score (nSPS) is 41.5. The molecular weight excluding hydrogens is 504 g/mol. The molecule has 0 amide bonds. The van der Waals surface area contributed by atoms with Gasteiger partial charge in [0.2, 0.25) is 0 Å². The van der Waals surface area contributed by atoms with Crippen molar-refractivity contribution in [2.45, 2.75) is 89.0 Å². The molecule has 0 aromatic heterocycles. The maximum absolute atomic E-state index is 14.0. The molecule has 1 heterocycles. The summed E-state index contributed by atoms with van der Waals surface area (Å²) >= 11 is 0. The molecule has 8 atom stereocenters. The summed E-state index contributed by atoms with van der Waals surface area (Å²) in [6.07, 6.45) is -2.54. The minimum absolute atomic E-state index is 0.0562. The summed E-state index contributed by atoms with van der Waals surface area (Å²) in [6, 6.07) is 0. The van der Waals surface area contributed by atoms with Crippen molar-refractivity contribution in [1.82, 2.24) is 0 Å². The van der Waals surface area contributed by atoms with Gasteiger partial charge in [0.25, 0.3) is 12.9 Å². The summed E-state index contributed by atoms with van der Waals surface area (Å²) in [5, 5.41) is 24.4. The molecule has 3 aliphatic rings. The molecule has 12 nitrogen and oxygen atoms in total. The van der Waals surface area contributed by atoms with Crippen LogP contribution in [-0.4, -0.2) is 89.2 Å². The van der Waals surface area contributed by atoms with Gasteiger partial charge in [0.15, 0.2) is 30.7 Å². The Balaban J connectivity index is 2.23. The molecule has 2 aliphatic carbocycles. The van der Waals surface area contributed by atoms with Gasteiger partial charge in [0, 0.05) is 17.8 Å². The van der Waals surface area contributed by atoms with Gasteiger partial charge in [-0.1, -0.05) is 26.8 Å². The third kappa shape index (κ3) is 4.32. The lowest BCUT2D eigenvalue weighted by molar-refractivity contribution is -0.371. The molecule has 0 spiro atoms. The van der Waals surface area contributed by atoms with Crippen molar-refractivity contribution < 1.29 is 57.9 Å². The van der Waals surface area contributed by atoms with Crippen molar-refractivity contribution in [2.75, 3.05) is 13.2 Å². The first-order chi connectivity index (χ1) is 17.6. The first kappa shape index (κ1) is 29.7. The molecule has 3 rings (SSSR count). The van der Waals surface area contributed by atoms with E-state index in [0.29, 0.717) is 6.42 Å². The number of aliphatic hydroxyl groups excluding tert-OH is 1. The second-order valence-corrected chi connectivity index (χ2v) is 11.5. The molecule has 1 saturated heterocycles. The number of ether oxygens (including phenoxy) is 5. The maximum atomic E-state index is 14.0. The topological polar surface area (TPSA) is 172 Å². The number of carbonyl (C=O) groups is 5. The third-order valence-corrected chi connectivity index (χ3v) is 8.76. The molecular formula is C26H36O12. The maximum Gasteiger partial charge on any atom is 0.344 e. The van der Waals surface area contributed by atoms with Gasteiger partial charge in [-0.2, -0.15) is 0 Å². The molecule has 0 unspecified atom stereocenters. The fourth-order valence-electron chi connectivity index (χ4n) is 7.21. The quantitative estimate of drug-likeness (QED) is 0.179. The number of rotatable bonds is 9. The van der Waals surface area contributed by atoms with Crippen LogP contribution in [0.2, 0.25) is 0 Å². The van der Waals surface area contributed by atoms with E-state index in [1.807, 2.05) is 13.8 Å². The Hall–Kier alpha value is -2.83. The van der Waals surface area contributed by atoms with Crippen molar-refractivity contribution in [2.24, 2.45) is 16.7 Å². The molecule has 2 N–H and O–H groups in total. The number of hydrogen-bond donors (Lipinski definition) is 2. The molecule has 0 aromatic rings. The van der Waals surface area contributed by atoms with Crippen LogP contribution in [0.4, 0.5) is 0 Å². The van der Waals surface area contributed by atoms with Crippen LogP contribution in [0.15, 0.2) is 12.7 Å². The number of ketones is 1. The molecule has 12 heteroatoms. The van der Waals surface area contributed by atoms with Crippen molar-refractivity contribution in [3.05, 3.63) is 12.7 Å². The van der Waals surface area contributed by atoms with E-state index < -0.39 is 82.8 Å². The number of carbonyl (C=O) groups excluding carboxylic acids is 5. The number of aliphatic hydroxyl groups is 2. The lowest BCUT2D eigenvalue weighted by Gasteiger charge is -2.71. The summed E-state index contributed by atoms with van der Waals surface area (Å²) in [6.45, 7) is 10.5. The fraction of sp³-hybridized carbons (Fsp3) is 0.731. The van der Waals surface area contributed by atoms with Crippen LogP contribution in [0, 0.1) is 16.7 Å². The Morgan fingerprint density at radius 1 is 1.05 bits per heavy atom. The van der Waals surface area contributed by atoms with Crippen LogP contribution in [0.3, 0.4) is 0 Å². The van der Waals surface area contributed by atoms with Gasteiger partial charge < -0.3 is 33.9 Å². The summed E-state index contributed by atoms with van der Waals surface area (Å²) < 4.78 is 26.6. The van der Waals surface area contributed by atoms with E-state index in [4.69, 9.17) is 14.2 Å². The monoisotopic (exact) mass is 540 g/mol. The Bertz CT molecular complexity index is 1010. The predicted molar refractivity (Wildman–Crippen MR) is 127 cm³/mol. The van der Waals surface area contributed by atoms with E-state index in [1.54, 1.807) is 13.8 Å². The van der Waals surface area contributed by atoms with Crippen molar-refractivity contribution in [1.29, 1.82) is 0 Å². The minimum atomic E-state index is -2.45. The lowest BCUT2D eigenvalue weighted by atomic mass is 9.39. The third-order valence-electron chi connectivity index (χ3n) is 8.76. The molecule has 1 aliphatic heterocycles. The van der Waals surface area contributed by atoms with Gasteiger partial charge in [-0.25, -0.2) is 9.59 Å². The first-order valence-electron chi connectivity index (χ1n) is 12.3. The molecule has 2 saturated carbocycles. The van der Waals surface area contributed by atoms with E-state index in [2.05, 4.69) is 16.1 Å². The lowest BCUT2D eigenvalue weighted by Crippen LogP contribution is -2.87. The zero-order valence-electron chi connectivity index (χ0n) is 22.3. The SMILES string of the molecule is C=C[C@@]1(C)CC(=O)[C@]2(O)[C@@]3(C)[C@@H](OC(=O)COC=O)CCC(C)(C)[C@@H]3[C@H](O)[C@H](OC(=O)COC=O)[C@@]2(C)O1. The van der Waals surface area contributed by atoms with Gasteiger partial charge in [-0.15, -0.1) is 6.58 Å². The van der Waals surface area contributed by atoms with E-state index in [-0.39, 0.29) is 25.8 Å². The second kappa shape index (κ2) is 10.0. The number of Topliss-reactive ketones (excluding diaryl/α,β-unsaturated/α-hetero) is 1. The van der Waals surface area contributed by atoms with E-state index in [9.17, 15) is 34.2 Å². The number of hydrogen-bond acceptors (Lipinski definition) is 12. The van der Waals surface area contributed by atoms with Crippen LogP contribution in [-0.2, 0) is 47.7 Å². The predicted octanol–water partition coefficient (Wildman–Crippen LogP) is 0.397. The smallest absolute Gasteiger partial charge is 0.344 e. The van der Waals surface area contributed by atoms with Gasteiger partial charge in [-0.05, 0) is 32.1 Å². The molecule has 212 valence electrons. The van der Waals surface area contributed by atoms with Gasteiger partial charge in [0.1, 0.15) is 11.7 Å². The summed E-state index contributed by atoms with van der Waals surface area (Å²) in [7, 11) is 0. The molecule has 0 aromatic carbocycles. The van der Waals surface area contributed by atoms with Crippen LogP contribution >= 0.6 is 0 Å². The molecule has 0 radical (unpaired) electrons. The Morgan fingerprint density at radius 3 is 2.13 bits per heavy atom. The summed E-state index contributed by atoms with van der Waals surface area (Å²) in [5.74, 6) is -3.57. The van der Waals surface area contributed by atoms with Gasteiger partial charge in [-0.3, -0.25) is 14.4 Å². The molecule has 3 fully saturated rings. The average molecular weight is 541 g/mol. The zero-order valence-corrected chi connectivity index (χ0v) is 22.3. The molecule has 0 bridgehead atoms. The highest BCUT2D eigenvalue weighted by atomic mass is 16.6. The minimum Gasteiger partial charge on any atom is -0.459 e. The van der Waals surface area contributed by atoms with Crippen LogP contribution < -0.4 is 0 Å². The highest BCUT2D eigenvalue weighted by molar-refractivity contribution is 5.92. The van der Waals surface area contributed by atoms with Gasteiger partial charge >= 0.3 is 11.9 Å². The highest BCUT2D eigenvalue weighted by Gasteiger charge is 2.82. The highest BCUT2D eigenvalue weighted by Crippen LogP contribution is 2.67. The zero-order chi connectivity index (χ0) is 28.7. The summed E-state index contributed by atoms with van der Waals surface area (Å²) in [5.41, 5.74) is -8.22. The van der Waals surface area contributed by atoms with E-state index >= 15 is 0 Å². The fourth-order valence-corrected chi connectivity index (χ4v) is 7.21. The van der Waals surface area contributed by atoms with Crippen LogP contribution in [0.1, 0.15) is 53.9 Å². The number of fused-ring (bicyclic) bond motifs is 3. The van der Waals surface area contributed by atoms with Crippen LogP contribution in [0.5, 0.6) is 0 Å². The Labute approximate surface area is 220 Å². The van der Waals surface area contributed by atoms with E-state index in [1.165, 1.54) is 13.0 Å². The molecule has 38 heavy (non-hydrogen) atoms. The Kier molecular flexibility index (Phi) is 7.86. The van der Waals surface area contributed by atoms with Crippen molar-refractivity contribution >= 4 is 30.7 Å².